The molecule has 0 saturated heterocycles. The number of carbonyl (C=O) groups is 1. The smallest absolute Gasteiger partial charge is 0.247 e. The minimum absolute atomic E-state index is 0.389. The Labute approximate surface area is 65.4 Å². The van der Waals surface area contributed by atoms with Crippen LogP contribution in [0.15, 0.2) is 16.8 Å². The molecule has 0 aromatic heterocycles. The Balaban J connectivity index is 2.69. The van der Waals surface area contributed by atoms with E-state index in [2.05, 4.69) is 4.99 Å². The molecule has 1 aliphatic heterocycles. The van der Waals surface area contributed by atoms with Gasteiger partial charge in [0.2, 0.25) is 5.91 Å². The summed E-state index contributed by atoms with van der Waals surface area (Å²) in [4.78, 5) is 16.5. The Morgan fingerprint density at radius 3 is 3.18 bits per heavy atom. The number of hydrogen-bond donors (Lipinski definition) is 1. The molecule has 60 valence electrons. The Hall–Kier alpha value is -1.32. The van der Waals surface area contributed by atoms with Crippen LogP contribution in [0, 0.1) is 0 Å². The number of rotatable bonds is 2. The van der Waals surface area contributed by atoms with Gasteiger partial charge in [-0.05, 0) is 6.92 Å². The van der Waals surface area contributed by atoms with E-state index in [1.54, 1.807) is 12.5 Å². The summed E-state index contributed by atoms with van der Waals surface area (Å²) in [6.45, 7) is 3.19. The summed E-state index contributed by atoms with van der Waals surface area (Å²) in [5.41, 5.74) is 5.64. The molecular weight excluding hydrogens is 142 g/mol. The first-order valence-electron chi connectivity index (χ1n) is 3.50. The van der Waals surface area contributed by atoms with Gasteiger partial charge in [-0.2, -0.15) is 0 Å². The van der Waals surface area contributed by atoms with E-state index in [1.165, 1.54) is 0 Å². The molecule has 0 aromatic carbocycles. The maximum atomic E-state index is 10.7. The lowest BCUT2D eigenvalue weighted by atomic mass is 10.2. The van der Waals surface area contributed by atoms with Crippen molar-refractivity contribution in [1.29, 1.82) is 0 Å². The van der Waals surface area contributed by atoms with Gasteiger partial charge in [-0.3, -0.25) is 9.79 Å². The minimum atomic E-state index is -0.389. The number of carbonyl (C=O) groups excluding carboxylic acids is 1. The highest BCUT2D eigenvalue weighted by atomic mass is 16.1. The van der Waals surface area contributed by atoms with E-state index in [9.17, 15) is 4.79 Å². The average Bonchev–Trinajstić information content (AvgIpc) is 2.05. The summed E-state index contributed by atoms with van der Waals surface area (Å²) < 4.78 is 0. The minimum Gasteiger partial charge on any atom is -0.366 e. The van der Waals surface area contributed by atoms with Crippen LogP contribution in [-0.2, 0) is 4.79 Å². The van der Waals surface area contributed by atoms with Crippen LogP contribution in [-0.4, -0.2) is 30.2 Å². The molecule has 1 heterocycles. The first-order chi connectivity index (χ1) is 5.24. The first kappa shape index (κ1) is 7.78. The van der Waals surface area contributed by atoms with Crippen molar-refractivity contribution in [3.63, 3.8) is 0 Å². The molecule has 1 amide bonds. The summed E-state index contributed by atoms with van der Waals surface area (Å²) in [6, 6.07) is 0. The molecule has 0 fully saturated rings. The van der Waals surface area contributed by atoms with Gasteiger partial charge in [0.25, 0.3) is 0 Å². The zero-order valence-corrected chi connectivity index (χ0v) is 6.45. The zero-order valence-electron chi connectivity index (χ0n) is 6.45. The lowest BCUT2D eigenvalue weighted by molar-refractivity contribution is -0.114. The number of nitrogens with zero attached hydrogens (tertiary/aromatic N) is 2. The van der Waals surface area contributed by atoms with Crippen LogP contribution >= 0.6 is 0 Å². The molecule has 0 aromatic rings. The normalized spacial score (nSPS) is 16.5. The summed E-state index contributed by atoms with van der Waals surface area (Å²) >= 11 is 0. The maximum absolute atomic E-state index is 10.7. The van der Waals surface area contributed by atoms with Gasteiger partial charge in [-0.1, -0.05) is 0 Å². The van der Waals surface area contributed by atoms with E-state index in [1.807, 2.05) is 11.8 Å². The largest absolute Gasteiger partial charge is 0.366 e. The number of hydrogen-bond acceptors (Lipinski definition) is 3. The van der Waals surface area contributed by atoms with Crippen molar-refractivity contribution < 1.29 is 4.79 Å². The van der Waals surface area contributed by atoms with Crippen LogP contribution in [0.2, 0.25) is 0 Å². The van der Waals surface area contributed by atoms with Gasteiger partial charge in [-0.25, -0.2) is 0 Å². The molecule has 0 spiro atoms. The van der Waals surface area contributed by atoms with Crippen LogP contribution in [0.4, 0.5) is 0 Å². The highest BCUT2D eigenvalue weighted by Crippen LogP contribution is 2.01. The molecule has 11 heavy (non-hydrogen) atoms. The number of primary amides is 1. The topological polar surface area (TPSA) is 58.7 Å². The Morgan fingerprint density at radius 1 is 1.91 bits per heavy atom. The molecule has 4 nitrogen and oxygen atoms in total. The molecule has 0 aliphatic carbocycles. The fraction of sp³-hybridized carbons (Fsp3) is 0.429. The van der Waals surface area contributed by atoms with Crippen LogP contribution < -0.4 is 5.73 Å². The van der Waals surface area contributed by atoms with E-state index >= 15 is 0 Å². The average molecular weight is 153 g/mol. The zero-order chi connectivity index (χ0) is 8.27. The monoisotopic (exact) mass is 153 g/mol. The molecule has 0 bridgehead atoms. The van der Waals surface area contributed by atoms with Gasteiger partial charge >= 0.3 is 0 Å². The summed E-state index contributed by atoms with van der Waals surface area (Å²) in [6.07, 6.45) is 3.43. The lowest BCUT2D eigenvalue weighted by Gasteiger charge is -2.16. The van der Waals surface area contributed by atoms with Gasteiger partial charge in [0.05, 0.1) is 18.5 Å². The molecule has 1 rings (SSSR count). The van der Waals surface area contributed by atoms with Crippen LogP contribution in [0.1, 0.15) is 6.92 Å². The van der Waals surface area contributed by atoms with Crippen molar-refractivity contribution in [1.82, 2.24) is 4.90 Å². The first-order valence-corrected chi connectivity index (χ1v) is 3.50. The van der Waals surface area contributed by atoms with Crippen LogP contribution in [0.3, 0.4) is 0 Å². The van der Waals surface area contributed by atoms with Crippen LogP contribution in [0.5, 0.6) is 0 Å². The number of nitrogens with two attached hydrogens (primary N) is 1. The summed E-state index contributed by atoms with van der Waals surface area (Å²) in [5, 5.41) is 0. The third-order valence-corrected chi connectivity index (χ3v) is 1.49. The quantitative estimate of drug-likeness (QED) is 0.593. The number of amides is 1. The second-order valence-corrected chi connectivity index (χ2v) is 2.31. The Morgan fingerprint density at radius 2 is 2.64 bits per heavy atom. The van der Waals surface area contributed by atoms with Crippen molar-refractivity contribution in [3.05, 3.63) is 11.8 Å². The highest BCUT2D eigenvalue weighted by molar-refractivity contribution is 5.93. The fourth-order valence-corrected chi connectivity index (χ4v) is 0.833. The molecule has 0 atom stereocenters. The van der Waals surface area contributed by atoms with Crippen molar-refractivity contribution in [2.45, 2.75) is 6.92 Å². The molecule has 2 N–H and O–H groups in total. The summed E-state index contributed by atoms with van der Waals surface area (Å²) in [7, 11) is 0. The van der Waals surface area contributed by atoms with E-state index in [4.69, 9.17) is 5.73 Å². The molecule has 0 radical (unpaired) electrons. The van der Waals surface area contributed by atoms with Gasteiger partial charge in [0.1, 0.15) is 0 Å². The second-order valence-electron chi connectivity index (χ2n) is 2.31. The Kier molecular flexibility index (Phi) is 2.25. The van der Waals surface area contributed by atoms with Crippen molar-refractivity contribution in [3.8, 4) is 0 Å². The van der Waals surface area contributed by atoms with E-state index < -0.39 is 0 Å². The van der Waals surface area contributed by atoms with Gasteiger partial charge in [-0.15, -0.1) is 0 Å². The molecule has 1 aliphatic rings. The summed E-state index contributed by atoms with van der Waals surface area (Å²) in [5.74, 6) is -0.389. The van der Waals surface area contributed by atoms with Gasteiger partial charge in [0, 0.05) is 12.7 Å². The molecule has 4 heteroatoms. The molecular formula is C7H11N3O. The SMILES string of the molecule is CCN1C=NCC(C(N)=O)=C1. The maximum Gasteiger partial charge on any atom is 0.247 e. The van der Waals surface area contributed by atoms with E-state index in [0.717, 1.165) is 6.54 Å². The second kappa shape index (κ2) is 3.18. The van der Waals surface area contributed by atoms with E-state index in [-0.39, 0.29) is 5.91 Å². The third-order valence-electron chi connectivity index (χ3n) is 1.49. The van der Waals surface area contributed by atoms with Gasteiger partial charge in [0.15, 0.2) is 0 Å². The lowest BCUT2D eigenvalue weighted by Crippen LogP contribution is -2.25. The highest BCUT2D eigenvalue weighted by Gasteiger charge is 2.08. The molecule has 0 saturated carbocycles. The fourth-order valence-electron chi connectivity index (χ4n) is 0.833. The predicted molar refractivity (Wildman–Crippen MR) is 43.0 cm³/mol. The predicted octanol–water partition coefficient (Wildman–Crippen LogP) is -0.281. The van der Waals surface area contributed by atoms with Crippen molar-refractivity contribution >= 4 is 12.2 Å². The standard InChI is InChI=1S/C7H11N3O/c1-2-10-4-6(7(8)11)3-9-5-10/h4-5H,2-3H2,1H3,(H2,8,11). The van der Waals surface area contributed by atoms with Crippen molar-refractivity contribution in [2.75, 3.05) is 13.1 Å². The van der Waals surface area contributed by atoms with Crippen LogP contribution in [0.25, 0.3) is 0 Å². The van der Waals surface area contributed by atoms with E-state index in [0.29, 0.717) is 12.1 Å². The third kappa shape index (κ3) is 1.80. The Bertz CT molecular complexity index is 220. The number of aliphatic imine (C=N–C) groups is 1. The van der Waals surface area contributed by atoms with Gasteiger partial charge < -0.3 is 10.6 Å². The van der Waals surface area contributed by atoms with Crippen molar-refractivity contribution in [2.24, 2.45) is 10.7 Å². The molecule has 0 unspecified atom stereocenters.